The molecule has 1 aliphatic rings. The number of benzene rings is 1. The molecule has 1 aliphatic carbocycles. The van der Waals surface area contributed by atoms with Crippen LogP contribution in [-0.4, -0.2) is 11.1 Å². The highest BCUT2D eigenvalue weighted by atomic mass is 35.5. The minimum atomic E-state index is -0.889. The molecule has 0 bridgehead atoms. The van der Waals surface area contributed by atoms with Gasteiger partial charge in [0.05, 0.1) is 10.4 Å². The fraction of sp³-hybridized carbons (Fsp3) is 0.500. The molecular formula is C14H16ClFO2. The molecule has 0 heterocycles. The maximum Gasteiger partial charge on any atom is 0.314 e. The highest BCUT2D eigenvalue weighted by Gasteiger charge is 2.42. The van der Waals surface area contributed by atoms with Gasteiger partial charge in [-0.2, -0.15) is 0 Å². The normalized spacial score (nSPS) is 18.6. The van der Waals surface area contributed by atoms with Crippen LogP contribution >= 0.6 is 11.6 Å². The maximum absolute atomic E-state index is 13.4. The zero-order chi connectivity index (χ0) is 13.3. The molecule has 0 radical (unpaired) electrons. The average molecular weight is 271 g/mol. The number of aliphatic carboxylic acids is 1. The molecule has 2 nitrogen and oxygen atoms in total. The van der Waals surface area contributed by atoms with Crippen molar-refractivity contribution in [3.8, 4) is 0 Å². The van der Waals surface area contributed by atoms with Crippen LogP contribution in [0.2, 0.25) is 5.02 Å². The number of rotatable bonds is 2. The van der Waals surface area contributed by atoms with E-state index < -0.39 is 17.2 Å². The van der Waals surface area contributed by atoms with Gasteiger partial charge in [-0.15, -0.1) is 0 Å². The van der Waals surface area contributed by atoms with Gasteiger partial charge in [0.1, 0.15) is 5.82 Å². The molecule has 0 unspecified atom stereocenters. The molecule has 4 heteroatoms. The second-order valence-corrected chi connectivity index (χ2v) is 5.44. The lowest BCUT2D eigenvalue weighted by atomic mass is 9.68. The predicted molar refractivity (Wildman–Crippen MR) is 68.5 cm³/mol. The summed E-state index contributed by atoms with van der Waals surface area (Å²) in [4.78, 5) is 11.7. The topological polar surface area (TPSA) is 37.3 Å². The molecule has 0 atom stereocenters. The first kappa shape index (κ1) is 13.3. The van der Waals surface area contributed by atoms with Crippen molar-refractivity contribution in [1.82, 2.24) is 0 Å². The van der Waals surface area contributed by atoms with Crippen molar-refractivity contribution in [2.75, 3.05) is 0 Å². The van der Waals surface area contributed by atoms with E-state index in [1.54, 1.807) is 6.92 Å². The van der Waals surface area contributed by atoms with Crippen LogP contribution in [0.5, 0.6) is 0 Å². The highest BCUT2D eigenvalue weighted by Crippen LogP contribution is 2.42. The van der Waals surface area contributed by atoms with Gasteiger partial charge in [0.2, 0.25) is 0 Å². The van der Waals surface area contributed by atoms with Crippen molar-refractivity contribution < 1.29 is 14.3 Å². The molecule has 1 aromatic carbocycles. The first-order valence-electron chi connectivity index (χ1n) is 6.17. The van der Waals surface area contributed by atoms with Crippen molar-refractivity contribution in [2.45, 2.75) is 44.4 Å². The third-order valence-corrected chi connectivity index (χ3v) is 4.19. The Morgan fingerprint density at radius 1 is 1.33 bits per heavy atom. The van der Waals surface area contributed by atoms with Gasteiger partial charge in [-0.25, -0.2) is 4.39 Å². The first-order chi connectivity index (χ1) is 8.47. The Labute approximate surface area is 111 Å². The monoisotopic (exact) mass is 270 g/mol. The van der Waals surface area contributed by atoms with Crippen molar-refractivity contribution in [3.63, 3.8) is 0 Å². The molecular weight excluding hydrogens is 255 g/mol. The van der Waals surface area contributed by atoms with Crippen LogP contribution in [0.15, 0.2) is 12.1 Å². The van der Waals surface area contributed by atoms with Crippen molar-refractivity contribution in [2.24, 2.45) is 0 Å². The smallest absolute Gasteiger partial charge is 0.314 e. The molecule has 1 fully saturated rings. The van der Waals surface area contributed by atoms with E-state index in [0.717, 1.165) is 19.3 Å². The zero-order valence-corrected chi connectivity index (χ0v) is 11.1. The predicted octanol–water partition coefficient (Wildman–Crippen LogP) is 4.07. The van der Waals surface area contributed by atoms with Gasteiger partial charge in [0.15, 0.2) is 0 Å². The molecule has 98 valence electrons. The van der Waals surface area contributed by atoms with E-state index in [0.29, 0.717) is 24.0 Å². The summed E-state index contributed by atoms with van der Waals surface area (Å²) in [5.41, 5.74) is 0.446. The van der Waals surface area contributed by atoms with Gasteiger partial charge in [-0.1, -0.05) is 30.9 Å². The Hall–Kier alpha value is -1.09. The lowest BCUT2D eigenvalue weighted by molar-refractivity contribution is -0.145. The summed E-state index contributed by atoms with van der Waals surface area (Å²) in [6.07, 6.45) is 4.04. The van der Waals surface area contributed by atoms with Crippen LogP contribution in [-0.2, 0) is 10.2 Å². The van der Waals surface area contributed by atoms with Gasteiger partial charge < -0.3 is 5.11 Å². The number of carbonyl (C=O) groups is 1. The second kappa shape index (κ2) is 4.88. The van der Waals surface area contributed by atoms with Crippen LogP contribution in [0.3, 0.4) is 0 Å². The summed E-state index contributed by atoms with van der Waals surface area (Å²) in [5.74, 6) is -1.32. The number of halogens is 2. The lowest BCUT2D eigenvalue weighted by Gasteiger charge is -2.35. The van der Waals surface area contributed by atoms with E-state index in [1.165, 1.54) is 12.1 Å². The molecule has 1 N–H and O–H groups in total. The van der Waals surface area contributed by atoms with E-state index in [9.17, 15) is 14.3 Å². The third-order valence-electron chi connectivity index (χ3n) is 3.90. The SMILES string of the molecule is Cc1cc(F)c(Cl)cc1C1(C(=O)O)CCCCC1. The molecule has 0 amide bonds. The third kappa shape index (κ3) is 2.12. The van der Waals surface area contributed by atoms with E-state index in [2.05, 4.69) is 0 Å². The lowest BCUT2D eigenvalue weighted by Crippen LogP contribution is -2.38. The van der Waals surface area contributed by atoms with Crippen molar-refractivity contribution >= 4 is 17.6 Å². The Balaban J connectivity index is 2.55. The quantitative estimate of drug-likeness (QED) is 0.879. The first-order valence-corrected chi connectivity index (χ1v) is 6.55. The van der Waals surface area contributed by atoms with Crippen molar-refractivity contribution in [3.05, 3.63) is 34.1 Å². The van der Waals surface area contributed by atoms with Crippen LogP contribution < -0.4 is 0 Å². The number of aryl methyl sites for hydroxylation is 1. The summed E-state index contributed by atoms with van der Waals surface area (Å²) in [7, 11) is 0. The van der Waals surface area contributed by atoms with Gasteiger partial charge in [-0.05, 0) is 43.0 Å². The minimum absolute atomic E-state index is 0.00167. The Kier molecular flexibility index (Phi) is 3.62. The summed E-state index contributed by atoms with van der Waals surface area (Å²) in [6, 6.07) is 2.82. The van der Waals surface area contributed by atoms with Crippen LogP contribution in [0.1, 0.15) is 43.2 Å². The molecule has 1 saturated carbocycles. The standard InChI is InChI=1S/C14H16ClFO2/c1-9-7-12(16)11(15)8-10(9)14(13(17)18)5-3-2-4-6-14/h7-8H,2-6H2,1H3,(H,17,18). The van der Waals surface area contributed by atoms with Gasteiger partial charge in [0.25, 0.3) is 0 Å². The molecule has 18 heavy (non-hydrogen) atoms. The highest BCUT2D eigenvalue weighted by molar-refractivity contribution is 6.30. The van der Waals surface area contributed by atoms with E-state index in [4.69, 9.17) is 11.6 Å². The Morgan fingerprint density at radius 2 is 1.94 bits per heavy atom. The fourth-order valence-corrected chi connectivity index (χ4v) is 3.08. The fourth-order valence-electron chi connectivity index (χ4n) is 2.92. The minimum Gasteiger partial charge on any atom is -0.481 e. The van der Waals surface area contributed by atoms with Crippen LogP contribution in [0, 0.1) is 12.7 Å². The van der Waals surface area contributed by atoms with Crippen LogP contribution in [0.25, 0.3) is 0 Å². The van der Waals surface area contributed by atoms with E-state index >= 15 is 0 Å². The van der Waals surface area contributed by atoms with Crippen LogP contribution in [0.4, 0.5) is 4.39 Å². The number of carboxylic acids is 1. The van der Waals surface area contributed by atoms with E-state index in [1.807, 2.05) is 0 Å². The molecule has 2 rings (SSSR count). The number of hydrogen-bond acceptors (Lipinski definition) is 1. The molecule has 0 aliphatic heterocycles. The molecule has 0 spiro atoms. The van der Waals surface area contributed by atoms with E-state index in [-0.39, 0.29) is 5.02 Å². The van der Waals surface area contributed by atoms with Gasteiger partial charge in [0, 0.05) is 0 Å². The Morgan fingerprint density at radius 3 is 2.50 bits per heavy atom. The molecule has 1 aromatic rings. The summed E-state index contributed by atoms with van der Waals surface area (Å²) in [6.45, 7) is 1.74. The summed E-state index contributed by atoms with van der Waals surface area (Å²) in [5, 5.41) is 9.59. The largest absolute Gasteiger partial charge is 0.481 e. The maximum atomic E-state index is 13.4. The summed E-state index contributed by atoms with van der Waals surface area (Å²) >= 11 is 5.80. The van der Waals surface area contributed by atoms with Gasteiger partial charge in [-0.3, -0.25) is 4.79 Å². The number of carboxylic acid groups (broad SMARTS) is 1. The molecule has 0 saturated heterocycles. The van der Waals surface area contributed by atoms with Crippen molar-refractivity contribution in [1.29, 1.82) is 0 Å². The Bertz CT molecular complexity index is 479. The summed E-state index contributed by atoms with van der Waals surface area (Å²) < 4.78 is 13.4. The zero-order valence-electron chi connectivity index (χ0n) is 10.3. The van der Waals surface area contributed by atoms with Gasteiger partial charge >= 0.3 is 5.97 Å². The second-order valence-electron chi connectivity index (χ2n) is 5.03. The average Bonchev–Trinajstić information content (AvgIpc) is 2.34. The molecule has 0 aromatic heterocycles. The number of hydrogen-bond donors (Lipinski definition) is 1.